The van der Waals surface area contributed by atoms with E-state index in [9.17, 15) is 0 Å². The molecule has 78 valence electrons. The van der Waals surface area contributed by atoms with E-state index in [1.807, 2.05) is 0 Å². The number of halogens is 1. The molecule has 2 rings (SSSR count). The summed E-state index contributed by atoms with van der Waals surface area (Å²) in [4.78, 5) is 4.15. The topological polar surface area (TPSA) is 35.3 Å². The van der Waals surface area contributed by atoms with Crippen LogP contribution >= 0.6 is 11.6 Å². The van der Waals surface area contributed by atoms with Crippen molar-refractivity contribution in [2.45, 2.75) is 25.9 Å². The molecule has 2 unspecified atom stereocenters. The molecule has 14 heavy (non-hydrogen) atoms. The third kappa shape index (κ3) is 1.93. The number of aromatic nitrogens is 1. The minimum absolute atomic E-state index is 0.0894. The van der Waals surface area contributed by atoms with E-state index < -0.39 is 0 Å². The van der Waals surface area contributed by atoms with Crippen LogP contribution in [0.5, 0.6) is 0 Å². The first-order chi connectivity index (χ1) is 6.81. The average Bonchev–Trinajstić information content (AvgIpc) is 2.74. The fourth-order valence-corrected chi connectivity index (χ4v) is 1.87. The number of oxazole rings is 1. The second-order valence-corrected chi connectivity index (χ2v) is 4.03. The fraction of sp³-hybridized carbons (Fsp3) is 0.700. The number of alkyl halides is 1. The van der Waals surface area contributed by atoms with Crippen molar-refractivity contribution < 1.29 is 9.15 Å². The Labute approximate surface area is 88.4 Å². The highest BCUT2D eigenvalue weighted by Crippen LogP contribution is 2.34. The summed E-state index contributed by atoms with van der Waals surface area (Å²) < 4.78 is 11.1. The predicted molar refractivity (Wildman–Crippen MR) is 53.4 cm³/mol. The molecule has 0 radical (unpaired) electrons. The van der Waals surface area contributed by atoms with E-state index in [2.05, 4.69) is 11.9 Å². The van der Waals surface area contributed by atoms with E-state index in [1.54, 1.807) is 6.20 Å². The Hall–Kier alpha value is -0.540. The summed E-state index contributed by atoms with van der Waals surface area (Å²) >= 11 is 5.60. The van der Waals surface area contributed by atoms with Crippen molar-refractivity contribution in [3.05, 3.63) is 17.8 Å². The van der Waals surface area contributed by atoms with Crippen LogP contribution in [0.1, 0.15) is 31.1 Å². The molecule has 1 fully saturated rings. The van der Waals surface area contributed by atoms with Crippen molar-refractivity contribution in [3.63, 3.8) is 0 Å². The summed E-state index contributed by atoms with van der Waals surface area (Å²) in [6.07, 6.45) is 3.62. The molecule has 0 N–H and O–H groups in total. The molecule has 0 spiro atoms. The van der Waals surface area contributed by atoms with E-state index in [-0.39, 0.29) is 6.10 Å². The summed E-state index contributed by atoms with van der Waals surface area (Å²) in [5.41, 5.74) is 0. The smallest absolute Gasteiger partial charge is 0.195 e. The number of aryl methyl sites for hydroxylation is 1. The van der Waals surface area contributed by atoms with E-state index in [0.29, 0.717) is 24.1 Å². The van der Waals surface area contributed by atoms with Gasteiger partial charge in [-0.3, -0.25) is 0 Å². The van der Waals surface area contributed by atoms with Crippen LogP contribution in [0.25, 0.3) is 0 Å². The largest absolute Gasteiger partial charge is 0.443 e. The Morgan fingerprint density at radius 1 is 1.64 bits per heavy atom. The Kier molecular flexibility index (Phi) is 3.08. The Morgan fingerprint density at radius 3 is 3.14 bits per heavy atom. The Bertz CT molecular complexity index is 300. The van der Waals surface area contributed by atoms with E-state index >= 15 is 0 Å². The van der Waals surface area contributed by atoms with E-state index in [4.69, 9.17) is 20.8 Å². The molecular formula is C10H14ClNO2. The van der Waals surface area contributed by atoms with Crippen LogP contribution in [-0.4, -0.2) is 17.5 Å². The number of ether oxygens (including phenoxy) is 1. The molecule has 2 atom stereocenters. The van der Waals surface area contributed by atoms with Crippen LogP contribution in [0.4, 0.5) is 0 Å². The molecular weight excluding hydrogens is 202 g/mol. The molecule has 0 saturated carbocycles. The van der Waals surface area contributed by atoms with Crippen molar-refractivity contribution in [3.8, 4) is 0 Å². The quantitative estimate of drug-likeness (QED) is 0.727. The summed E-state index contributed by atoms with van der Waals surface area (Å²) in [7, 11) is 0. The maximum Gasteiger partial charge on any atom is 0.195 e. The highest BCUT2D eigenvalue weighted by Gasteiger charge is 2.28. The number of nitrogens with zero attached hydrogens (tertiary/aromatic N) is 1. The lowest BCUT2D eigenvalue weighted by molar-refractivity contribution is 0.0750. The van der Waals surface area contributed by atoms with Crippen LogP contribution in [0.2, 0.25) is 0 Å². The van der Waals surface area contributed by atoms with Crippen LogP contribution in [0.3, 0.4) is 0 Å². The van der Waals surface area contributed by atoms with Gasteiger partial charge in [0.15, 0.2) is 11.7 Å². The van der Waals surface area contributed by atoms with Crippen molar-refractivity contribution in [1.29, 1.82) is 0 Å². The first-order valence-electron chi connectivity index (χ1n) is 4.93. The molecule has 1 aliphatic rings. The second kappa shape index (κ2) is 4.32. The zero-order chi connectivity index (χ0) is 9.97. The van der Waals surface area contributed by atoms with Gasteiger partial charge in [0.2, 0.25) is 0 Å². The maximum absolute atomic E-state index is 5.60. The Balaban J connectivity index is 2.08. The SMILES string of the molecule is CC1CCOC1c1cnc(CCCl)o1. The first-order valence-corrected chi connectivity index (χ1v) is 5.47. The minimum atomic E-state index is 0.0894. The zero-order valence-corrected chi connectivity index (χ0v) is 8.96. The fourth-order valence-electron chi connectivity index (χ4n) is 1.71. The number of hydrogen-bond acceptors (Lipinski definition) is 3. The normalized spacial score (nSPS) is 27.0. The van der Waals surface area contributed by atoms with Crippen LogP contribution in [0.15, 0.2) is 10.6 Å². The standard InChI is InChI=1S/C10H14ClNO2/c1-7-3-5-13-10(7)8-6-12-9(14-8)2-4-11/h6-7,10H,2-5H2,1H3. The van der Waals surface area contributed by atoms with Crippen molar-refractivity contribution in [2.24, 2.45) is 5.92 Å². The lowest BCUT2D eigenvalue weighted by Crippen LogP contribution is -2.02. The molecule has 1 saturated heterocycles. The summed E-state index contributed by atoms with van der Waals surface area (Å²) in [5, 5.41) is 0. The van der Waals surface area contributed by atoms with E-state index in [0.717, 1.165) is 18.8 Å². The van der Waals surface area contributed by atoms with Gasteiger partial charge in [-0.15, -0.1) is 11.6 Å². The highest BCUT2D eigenvalue weighted by atomic mass is 35.5. The number of hydrogen-bond donors (Lipinski definition) is 0. The second-order valence-electron chi connectivity index (χ2n) is 3.65. The van der Waals surface area contributed by atoms with Gasteiger partial charge >= 0.3 is 0 Å². The molecule has 0 bridgehead atoms. The first kappa shape index (κ1) is 9.99. The third-order valence-electron chi connectivity index (χ3n) is 2.55. The molecule has 2 heterocycles. The minimum Gasteiger partial charge on any atom is -0.443 e. The molecule has 0 aliphatic carbocycles. The maximum atomic E-state index is 5.60. The van der Waals surface area contributed by atoms with Crippen molar-refractivity contribution >= 4 is 11.6 Å². The van der Waals surface area contributed by atoms with Crippen molar-refractivity contribution in [1.82, 2.24) is 4.98 Å². The summed E-state index contributed by atoms with van der Waals surface area (Å²) in [6.45, 7) is 2.98. The van der Waals surface area contributed by atoms with Gasteiger partial charge in [0, 0.05) is 18.9 Å². The molecule has 1 aromatic heterocycles. The van der Waals surface area contributed by atoms with Crippen molar-refractivity contribution in [2.75, 3.05) is 12.5 Å². The zero-order valence-electron chi connectivity index (χ0n) is 8.20. The third-order valence-corrected chi connectivity index (χ3v) is 2.74. The molecule has 0 aromatic carbocycles. The van der Waals surface area contributed by atoms with Gasteiger partial charge in [0.25, 0.3) is 0 Å². The Morgan fingerprint density at radius 2 is 2.50 bits per heavy atom. The monoisotopic (exact) mass is 215 g/mol. The average molecular weight is 216 g/mol. The van der Waals surface area contributed by atoms with Gasteiger partial charge in [-0.25, -0.2) is 4.98 Å². The predicted octanol–water partition coefficient (Wildman–Crippen LogP) is 2.55. The molecule has 4 heteroatoms. The highest BCUT2D eigenvalue weighted by molar-refractivity contribution is 6.17. The van der Waals surface area contributed by atoms with Gasteiger partial charge in [-0.05, 0) is 12.3 Å². The van der Waals surface area contributed by atoms with Gasteiger partial charge in [0.1, 0.15) is 6.10 Å². The number of rotatable bonds is 3. The summed E-state index contributed by atoms with van der Waals surface area (Å²) in [6, 6.07) is 0. The van der Waals surface area contributed by atoms with Crippen LogP contribution in [-0.2, 0) is 11.2 Å². The van der Waals surface area contributed by atoms with Gasteiger partial charge in [0.05, 0.1) is 6.20 Å². The van der Waals surface area contributed by atoms with Crippen LogP contribution in [0, 0.1) is 5.92 Å². The molecule has 3 nitrogen and oxygen atoms in total. The lowest BCUT2D eigenvalue weighted by Gasteiger charge is -2.09. The lowest BCUT2D eigenvalue weighted by atomic mass is 10.0. The summed E-state index contributed by atoms with van der Waals surface area (Å²) in [5.74, 6) is 2.61. The van der Waals surface area contributed by atoms with Gasteiger partial charge in [-0.2, -0.15) is 0 Å². The molecule has 0 amide bonds. The van der Waals surface area contributed by atoms with Crippen LogP contribution < -0.4 is 0 Å². The van der Waals surface area contributed by atoms with E-state index in [1.165, 1.54) is 0 Å². The van der Waals surface area contributed by atoms with Gasteiger partial charge in [-0.1, -0.05) is 6.92 Å². The van der Waals surface area contributed by atoms with Gasteiger partial charge < -0.3 is 9.15 Å². The molecule has 1 aromatic rings. The molecule has 1 aliphatic heterocycles.